The van der Waals surface area contributed by atoms with Crippen molar-refractivity contribution in [2.24, 2.45) is 0 Å². The molecule has 1 aliphatic heterocycles. The Labute approximate surface area is 124 Å². The standard InChI is InChI=1S/C12H15NO3S3/c1-5(14)10-9(12(15)16)13-11(19-10)8-4-17-6(2)7(3)18-8/h6-8H,4H2,1-3H3,(H,15,16). The number of carboxylic acid groups (broad SMARTS) is 1. The fourth-order valence-electron chi connectivity index (χ4n) is 1.77. The molecular weight excluding hydrogens is 302 g/mol. The van der Waals surface area contributed by atoms with Crippen molar-refractivity contribution in [2.75, 3.05) is 5.75 Å². The minimum atomic E-state index is -1.12. The summed E-state index contributed by atoms with van der Waals surface area (Å²) < 4.78 is 0. The summed E-state index contributed by atoms with van der Waals surface area (Å²) in [6.45, 7) is 5.76. The van der Waals surface area contributed by atoms with Gasteiger partial charge in [0.1, 0.15) is 9.88 Å². The van der Waals surface area contributed by atoms with Crippen molar-refractivity contribution in [1.82, 2.24) is 4.98 Å². The van der Waals surface area contributed by atoms with E-state index in [2.05, 4.69) is 18.8 Å². The minimum absolute atomic E-state index is 0.0932. The van der Waals surface area contributed by atoms with Gasteiger partial charge in [0.15, 0.2) is 11.5 Å². The maximum Gasteiger partial charge on any atom is 0.356 e. The first-order valence-corrected chi connectivity index (χ1v) is 8.73. The van der Waals surface area contributed by atoms with Crippen LogP contribution in [0.25, 0.3) is 0 Å². The second-order valence-electron chi connectivity index (χ2n) is 4.46. The van der Waals surface area contributed by atoms with Crippen LogP contribution in [-0.2, 0) is 0 Å². The first-order valence-electron chi connectivity index (χ1n) is 5.92. The third kappa shape index (κ3) is 3.14. The summed E-state index contributed by atoms with van der Waals surface area (Å²) in [5, 5.41) is 11.1. The lowest BCUT2D eigenvalue weighted by Crippen LogP contribution is -2.21. The molecule has 7 heteroatoms. The van der Waals surface area contributed by atoms with Crippen LogP contribution in [0.4, 0.5) is 0 Å². The van der Waals surface area contributed by atoms with Crippen LogP contribution in [-0.4, -0.2) is 38.1 Å². The van der Waals surface area contributed by atoms with Gasteiger partial charge >= 0.3 is 5.97 Å². The van der Waals surface area contributed by atoms with Crippen LogP contribution in [0, 0.1) is 0 Å². The van der Waals surface area contributed by atoms with E-state index in [4.69, 9.17) is 5.11 Å². The highest BCUT2D eigenvalue weighted by Gasteiger charge is 2.31. The lowest BCUT2D eigenvalue weighted by atomic mass is 10.3. The molecule has 104 valence electrons. The molecule has 1 fully saturated rings. The van der Waals surface area contributed by atoms with E-state index in [0.717, 1.165) is 10.8 Å². The van der Waals surface area contributed by atoms with E-state index < -0.39 is 5.97 Å². The van der Waals surface area contributed by atoms with E-state index in [1.165, 1.54) is 18.3 Å². The Balaban J connectivity index is 2.28. The second kappa shape index (κ2) is 5.85. The molecule has 3 unspecified atom stereocenters. The van der Waals surface area contributed by atoms with Crippen LogP contribution in [0.1, 0.15) is 51.2 Å². The topological polar surface area (TPSA) is 67.3 Å². The molecule has 1 N–H and O–H groups in total. The molecular formula is C12H15NO3S3. The number of aromatic carboxylic acids is 1. The zero-order chi connectivity index (χ0) is 14.2. The molecule has 3 atom stereocenters. The summed E-state index contributed by atoms with van der Waals surface area (Å²) in [6.07, 6.45) is 0. The second-order valence-corrected chi connectivity index (χ2v) is 8.49. The van der Waals surface area contributed by atoms with Gasteiger partial charge in [-0.2, -0.15) is 11.8 Å². The zero-order valence-electron chi connectivity index (χ0n) is 10.9. The van der Waals surface area contributed by atoms with Crippen molar-refractivity contribution < 1.29 is 14.7 Å². The highest BCUT2D eigenvalue weighted by Crippen LogP contribution is 2.45. The third-order valence-electron chi connectivity index (χ3n) is 2.99. The zero-order valence-corrected chi connectivity index (χ0v) is 13.3. The summed E-state index contributed by atoms with van der Waals surface area (Å²) in [5.74, 6) is -0.432. The number of carbonyl (C=O) groups excluding carboxylic acids is 1. The molecule has 0 radical (unpaired) electrons. The minimum Gasteiger partial charge on any atom is -0.476 e. The summed E-state index contributed by atoms with van der Waals surface area (Å²) in [7, 11) is 0. The van der Waals surface area contributed by atoms with Crippen LogP contribution >= 0.6 is 34.9 Å². The van der Waals surface area contributed by atoms with Gasteiger partial charge in [-0.3, -0.25) is 4.79 Å². The highest BCUT2D eigenvalue weighted by molar-refractivity contribution is 8.07. The summed E-state index contributed by atoms with van der Waals surface area (Å²) >= 11 is 4.92. The van der Waals surface area contributed by atoms with Crippen molar-refractivity contribution in [3.05, 3.63) is 15.6 Å². The Kier molecular flexibility index (Phi) is 4.58. The first-order chi connectivity index (χ1) is 8.90. The molecule has 0 saturated carbocycles. The molecule has 19 heavy (non-hydrogen) atoms. The van der Waals surface area contributed by atoms with Crippen LogP contribution in [0.3, 0.4) is 0 Å². The Morgan fingerprint density at radius 2 is 2.00 bits per heavy atom. The predicted molar refractivity (Wildman–Crippen MR) is 80.8 cm³/mol. The van der Waals surface area contributed by atoms with Crippen molar-refractivity contribution >= 4 is 46.6 Å². The number of thioether (sulfide) groups is 2. The average Bonchev–Trinajstić information content (AvgIpc) is 2.78. The summed E-state index contributed by atoms with van der Waals surface area (Å²) in [4.78, 5) is 27.0. The van der Waals surface area contributed by atoms with E-state index in [1.54, 1.807) is 0 Å². The van der Waals surface area contributed by atoms with Gasteiger partial charge in [-0.25, -0.2) is 9.78 Å². The Morgan fingerprint density at radius 3 is 2.47 bits per heavy atom. The largest absolute Gasteiger partial charge is 0.476 e. The number of hydrogen-bond acceptors (Lipinski definition) is 6. The van der Waals surface area contributed by atoms with E-state index in [0.29, 0.717) is 10.5 Å². The number of aromatic nitrogens is 1. The quantitative estimate of drug-likeness (QED) is 0.862. The van der Waals surface area contributed by atoms with Gasteiger partial charge in [0.25, 0.3) is 0 Å². The molecule has 0 amide bonds. The van der Waals surface area contributed by atoms with Crippen LogP contribution in [0.2, 0.25) is 0 Å². The van der Waals surface area contributed by atoms with Crippen molar-refractivity contribution in [3.8, 4) is 0 Å². The predicted octanol–water partition coefficient (Wildman–Crippen LogP) is 3.34. The monoisotopic (exact) mass is 317 g/mol. The van der Waals surface area contributed by atoms with Gasteiger partial charge in [0, 0.05) is 23.2 Å². The van der Waals surface area contributed by atoms with Crippen molar-refractivity contribution in [1.29, 1.82) is 0 Å². The highest BCUT2D eigenvalue weighted by atomic mass is 32.2. The van der Waals surface area contributed by atoms with E-state index in [1.807, 2.05) is 23.5 Å². The van der Waals surface area contributed by atoms with Crippen molar-refractivity contribution in [3.63, 3.8) is 0 Å². The first kappa shape index (κ1) is 14.9. The molecule has 0 spiro atoms. The molecule has 1 aliphatic rings. The van der Waals surface area contributed by atoms with Gasteiger partial charge in [-0.05, 0) is 0 Å². The smallest absolute Gasteiger partial charge is 0.356 e. The number of Topliss-reactive ketones (excluding diaryl/α,β-unsaturated/α-hetero) is 1. The number of carbonyl (C=O) groups is 2. The summed E-state index contributed by atoms with van der Waals surface area (Å²) in [5.41, 5.74) is -0.0932. The van der Waals surface area contributed by atoms with E-state index >= 15 is 0 Å². The number of thiazole rings is 1. The van der Waals surface area contributed by atoms with Crippen LogP contribution < -0.4 is 0 Å². The van der Waals surface area contributed by atoms with E-state index in [9.17, 15) is 9.59 Å². The molecule has 2 heterocycles. The molecule has 1 saturated heterocycles. The van der Waals surface area contributed by atoms with Gasteiger partial charge < -0.3 is 5.11 Å². The third-order valence-corrected chi connectivity index (χ3v) is 7.81. The molecule has 1 aromatic rings. The number of rotatable bonds is 3. The maximum atomic E-state index is 11.5. The van der Waals surface area contributed by atoms with Crippen molar-refractivity contribution in [2.45, 2.75) is 36.5 Å². The Hall–Kier alpha value is -0.530. The SMILES string of the molecule is CC(=O)c1sc(C2CSC(C)C(C)S2)nc1C(=O)O. The maximum absolute atomic E-state index is 11.5. The molecule has 1 aromatic heterocycles. The lowest BCUT2D eigenvalue weighted by Gasteiger charge is -2.29. The van der Waals surface area contributed by atoms with Gasteiger partial charge in [-0.15, -0.1) is 23.1 Å². The van der Waals surface area contributed by atoms with Crippen LogP contribution in [0.15, 0.2) is 0 Å². The molecule has 0 bridgehead atoms. The number of hydrogen-bond donors (Lipinski definition) is 1. The lowest BCUT2D eigenvalue weighted by molar-refractivity contribution is 0.0687. The molecule has 0 aromatic carbocycles. The average molecular weight is 317 g/mol. The van der Waals surface area contributed by atoms with Gasteiger partial charge in [-0.1, -0.05) is 13.8 Å². The number of carboxylic acids is 1. The molecule has 4 nitrogen and oxygen atoms in total. The number of ketones is 1. The Morgan fingerprint density at radius 1 is 1.32 bits per heavy atom. The number of nitrogens with zero attached hydrogens (tertiary/aromatic N) is 1. The van der Waals surface area contributed by atoms with Gasteiger partial charge in [0.2, 0.25) is 0 Å². The normalized spacial score (nSPS) is 27.2. The van der Waals surface area contributed by atoms with Crippen LogP contribution in [0.5, 0.6) is 0 Å². The Bertz CT molecular complexity index is 483. The fraction of sp³-hybridized carbons (Fsp3) is 0.583. The summed E-state index contributed by atoms with van der Waals surface area (Å²) in [6, 6.07) is 0. The molecule has 2 rings (SSSR count). The molecule has 0 aliphatic carbocycles. The van der Waals surface area contributed by atoms with Gasteiger partial charge in [0.05, 0.1) is 5.25 Å². The fourth-order valence-corrected chi connectivity index (χ4v) is 5.92. The van der Waals surface area contributed by atoms with E-state index in [-0.39, 0.29) is 21.6 Å².